The number of hydrogen-bond acceptors (Lipinski definition) is 3. The molecule has 1 N–H and O–H groups in total. The van der Waals surface area contributed by atoms with Gasteiger partial charge in [-0.2, -0.15) is 0 Å². The van der Waals surface area contributed by atoms with Crippen molar-refractivity contribution in [3.8, 4) is 5.75 Å². The van der Waals surface area contributed by atoms with E-state index in [4.69, 9.17) is 4.74 Å². The Morgan fingerprint density at radius 2 is 1.61 bits per heavy atom. The van der Waals surface area contributed by atoms with Crippen LogP contribution in [0.15, 0.2) is 24.3 Å². The quantitative estimate of drug-likeness (QED) is 0.762. The van der Waals surface area contributed by atoms with Crippen molar-refractivity contribution in [1.82, 2.24) is 10.2 Å². The molecule has 0 spiro atoms. The first-order valence-corrected chi connectivity index (χ1v) is 12.4. The second-order valence-corrected chi connectivity index (χ2v) is 10.5. The highest BCUT2D eigenvalue weighted by Gasteiger charge is 2.54. The van der Waals surface area contributed by atoms with Crippen LogP contribution in [0.5, 0.6) is 5.75 Å². The number of nitrogens with one attached hydrogen (secondary N) is 1. The summed E-state index contributed by atoms with van der Waals surface area (Å²) < 4.78 is 5.75. The summed E-state index contributed by atoms with van der Waals surface area (Å²) in [5, 5.41) is 3.32. The molecule has 168 valence electrons. The molecular formula is C26H36N2O3. The number of carbonyl (C=O) groups is 2. The van der Waals surface area contributed by atoms with E-state index in [1.54, 1.807) is 12.1 Å². The molecule has 1 heterocycles. The normalized spacial score (nSPS) is 36.3. The van der Waals surface area contributed by atoms with E-state index >= 15 is 0 Å². The number of ether oxygens (including phenoxy) is 1. The molecule has 31 heavy (non-hydrogen) atoms. The van der Waals surface area contributed by atoms with E-state index < -0.39 is 0 Å². The molecule has 7 atom stereocenters. The Morgan fingerprint density at radius 1 is 0.935 bits per heavy atom. The van der Waals surface area contributed by atoms with Gasteiger partial charge in [0.15, 0.2) is 6.61 Å². The average molecular weight is 425 g/mol. The van der Waals surface area contributed by atoms with Crippen LogP contribution in [-0.4, -0.2) is 41.4 Å². The van der Waals surface area contributed by atoms with Gasteiger partial charge in [-0.25, -0.2) is 0 Å². The van der Waals surface area contributed by atoms with Crippen molar-refractivity contribution in [2.75, 3.05) is 6.61 Å². The molecule has 3 aliphatic carbocycles. The van der Waals surface area contributed by atoms with Crippen LogP contribution >= 0.6 is 0 Å². The van der Waals surface area contributed by atoms with Gasteiger partial charge in [-0.1, -0.05) is 6.42 Å². The van der Waals surface area contributed by atoms with Gasteiger partial charge < -0.3 is 15.0 Å². The lowest BCUT2D eigenvalue weighted by Crippen LogP contribution is -2.49. The summed E-state index contributed by atoms with van der Waals surface area (Å²) in [5.41, 5.74) is 0.669. The predicted octanol–water partition coefficient (Wildman–Crippen LogP) is 4.41. The molecule has 0 radical (unpaired) electrons. The van der Waals surface area contributed by atoms with E-state index in [1.807, 2.05) is 17.0 Å². The van der Waals surface area contributed by atoms with Crippen molar-refractivity contribution in [1.29, 1.82) is 0 Å². The molecule has 1 aromatic carbocycles. The highest BCUT2D eigenvalue weighted by atomic mass is 16.5. The average Bonchev–Trinajstić information content (AvgIpc) is 3.46. The molecule has 5 heteroatoms. The molecule has 0 aromatic heterocycles. The number of carbonyl (C=O) groups excluding carboxylic acids is 2. The Bertz CT molecular complexity index is 812. The number of likely N-dealkylation sites (tertiary alicyclic amines) is 1. The monoisotopic (exact) mass is 424 g/mol. The van der Waals surface area contributed by atoms with Crippen LogP contribution in [0.4, 0.5) is 0 Å². The molecule has 2 bridgehead atoms. The minimum absolute atomic E-state index is 0.0192. The standard InChI is InChI=1S/C26H36N2O3/c1-16-5-3-6-17(2)28(16)25(29)15-31-20-11-9-18(10-12-20)26(30)27-24-14-19-13-23(24)22-8-4-7-21(19)22/h9-12,16-17,19,21-24H,3-8,13-15H2,1-2H3,(H,27,30)/t16-,17+,19-,21+,22-,23+,24-/m1/s1. The van der Waals surface area contributed by atoms with Gasteiger partial charge >= 0.3 is 0 Å². The number of amides is 2. The van der Waals surface area contributed by atoms with Crippen molar-refractivity contribution in [3.63, 3.8) is 0 Å². The number of piperidine rings is 1. The van der Waals surface area contributed by atoms with E-state index in [0.29, 0.717) is 23.3 Å². The van der Waals surface area contributed by atoms with Crippen LogP contribution in [0.25, 0.3) is 0 Å². The van der Waals surface area contributed by atoms with Crippen molar-refractivity contribution in [3.05, 3.63) is 29.8 Å². The zero-order valence-electron chi connectivity index (χ0n) is 18.9. The third kappa shape index (κ3) is 3.96. The third-order valence-corrected chi connectivity index (χ3v) is 8.71. The highest BCUT2D eigenvalue weighted by Crippen LogP contribution is 2.58. The van der Waals surface area contributed by atoms with Gasteiger partial charge in [0.25, 0.3) is 11.8 Å². The summed E-state index contributed by atoms with van der Waals surface area (Å²) in [7, 11) is 0. The molecule has 3 saturated carbocycles. The summed E-state index contributed by atoms with van der Waals surface area (Å²) in [6.07, 6.45) is 9.92. The predicted molar refractivity (Wildman–Crippen MR) is 120 cm³/mol. The van der Waals surface area contributed by atoms with Crippen LogP contribution in [0.1, 0.15) is 75.6 Å². The zero-order valence-corrected chi connectivity index (χ0v) is 18.9. The van der Waals surface area contributed by atoms with Crippen LogP contribution in [0.3, 0.4) is 0 Å². The zero-order chi connectivity index (χ0) is 21.5. The Labute approximate surface area is 185 Å². The third-order valence-electron chi connectivity index (χ3n) is 8.71. The Kier molecular flexibility index (Phi) is 5.70. The van der Waals surface area contributed by atoms with E-state index in [1.165, 1.54) is 32.1 Å². The molecule has 4 aliphatic rings. The molecular weight excluding hydrogens is 388 g/mol. The minimum atomic E-state index is 0.0192. The first kappa shape index (κ1) is 20.8. The van der Waals surface area contributed by atoms with Crippen LogP contribution in [0.2, 0.25) is 0 Å². The largest absolute Gasteiger partial charge is 0.484 e. The van der Waals surface area contributed by atoms with Gasteiger partial charge in [-0.15, -0.1) is 0 Å². The van der Waals surface area contributed by atoms with Gasteiger partial charge in [0.2, 0.25) is 0 Å². The maximum absolute atomic E-state index is 12.8. The fraction of sp³-hybridized carbons (Fsp3) is 0.692. The molecule has 0 unspecified atom stereocenters. The summed E-state index contributed by atoms with van der Waals surface area (Å²) in [5.74, 6) is 4.01. The smallest absolute Gasteiger partial charge is 0.260 e. The number of benzene rings is 1. The van der Waals surface area contributed by atoms with E-state index in [-0.39, 0.29) is 30.5 Å². The van der Waals surface area contributed by atoms with Crippen LogP contribution in [0, 0.1) is 23.7 Å². The molecule has 5 rings (SSSR count). The lowest BCUT2D eigenvalue weighted by Gasteiger charge is -2.38. The van der Waals surface area contributed by atoms with Gasteiger partial charge in [0, 0.05) is 23.7 Å². The fourth-order valence-electron chi connectivity index (χ4n) is 7.32. The summed E-state index contributed by atoms with van der Waals surface area (Å²) >= 11 is 0. The second kappa shape index (κ2) is 8.48. The van der Waals surface area contributed by atoms with Crippen LogP contribution in [-0.2, 0) is 4.79 Å². The van der Waals surface area contributed by atoms with E-state index in [0.717, 1.165) is 37.0 Å². The lowest BCUT2D eigenvalue weighted by atomic mass is 9.79. The maximum atomic E-state index is 12.8. The van der Waals surface area contributed by atoms with E-state index in [9.17, 15) is 9.59 Å². The first-order chi connectivity index (χ1) is 15.0. The molecule has 4 fully saturated rings. The van der Waals surface area contributed by atoms with Crippen molar-refractivity contribution in [2.24, 2.45) is 23.7 Å². The number of rotatable bonds is 5. The summed E-state index contributed by atoms with van der Waals surface area (Å²) in [6.45, 7) is 4.28. The Balaban J connectivity index is 1.13. The van der Waals surface area contributed by atoms with Crippen molar-refractivity contribution in [2.45, 2.75) is 83.3 Å². The minimum Gasteiger partial charge on any atom is -0.484 e. The SMILES string of the molecule is C[C@@H]1CCC[C@H](C)N1C(=O)COc1ccc(C(=O)N[C@@H]2C[C@H]3C[C@H]2[C@@H]2CCC[C@@H]32)cc1. The number of nitrogens with zero attached hydrogens (tertiary/aromatic N) is 1. The van der Waals surface area contributed by atoms with Crippen LogP contribution < -0.4 is 10.1 Å². The lowest BCUT2D eigenvalue weighted by molar-refractivity contribution is -0.139. The van der Waals surface area contributed by atoms with Gasteiger partial charge in [0.05, 0.1) is 0 Å². The van der Waals surface area contributed by atoms with Gasteiger partial charge in [-0.05, 0) is 107 Å². The van der Waals surface area contributed by atoms with Crippen molar-refractivity contribution >= 4 is 11.8 Å². The molecule has 1 saturated heterocycles. The molecule has 1 aliphatic heterocycles. The molecule has 1 aromatic rings. The Hall–Kier alpha value is -2.04. The Morgan fingerprint density at radius 3 is 2.35 bits per heavy atom. The molecule has 2 amide bonds. The fourth-order valence-corrected chi connectivity index (χ4v) is 7.32. The van der Waals surface area contributed by atoms with E-state index in [2.05, 4.69) is 19.2 Å². The topological polar surface area (TPSA) is 58.6 Å². The number of hydrogen-bond donors (Lipinski definition) is 1. The molecule has 5 nitrogen and oxygen atoms in total. The summed E-state index contributed by atoms with van der Waals surface area (Å²) in [6, 6.07) is 8.13. The van der Waals surface area contributed by atoms with Crippen molar-refractivity contribution < 1.29 is 14.3 Å². The second-order valence-electron chi connectivity index (χ2n) is 10.5. The first-order valence-electron chi connectivity index (χ1n) is 12.4. The van der Waals surface area contributed by atoms with Gasteiger partial charge in [0.1, 0.15) is 5.75 Å². The number of fused-ring (bicyclic) bond motifs is 5. The summed E-state index contributed by atoms with van der Waals surface area (Å²) in [4.78, 5) is 27.4. The van der Waals surface area contributed by atoms with Gasteiger partial charge in [-0.3, -0.25) is 9.59 Å². The highest BCUT2D eigenvalue weighted by molar-refractivity contribution is 5.94. The maximum Gasteiger partial charge on any atom is 0.260 e.